The molecule has 1 aromatic heterocycles. The quantitative estimate of drug-likeness (QED) is 0.498. The van der Waals surface area contributed by atoms with Crippen LogP contribution in [0, 0.1) is 11.8 Å². The summed E-state index contributed by atoms with van der Waals surface area (Å²) < 4.78 is 1.19. The van der Waals surface area contributed by atoms with Crippen molar-refractivity contribution >= 4 is 5.95 Å². The van der Waals surface area contributed by atoms with Crippen molar-refractivity contribution in [1.29, 1.82) is 0 Å². The summed E-state index contributed by atoms with van der Waals surface area (Å²) in [6.45, 7) is -0.0791. The fourth-order valence-electron chi connectivity index (χ4n) is 0.675. The van der Waals surface area contributed by atoms with Gasteiger partial charge in [-0.2, -0.15) is 4.98 Å². The second kappa shape index (κ2) is 4.23. The van der Waals surface area contributed by atoms with Crippen LogP contribution in [-0.4, -0.2) is 26.2 Å². The van der Waals surface area contributed by atoms with E-state index in [4.69, 9.17) is 10.8 Å². The van der Waals surface area contributed by atoms with Gasteiger partial charge in [-0.25, -0.2) is 9.78 Å². The van der Waals surface area contributed by atoms with Gasteiger partial charge in [-0.05, 0) is 0 Å². The topological polar surface area (TPSA) is 94.0 Å². The summed E-state index contributed by atoms with van der Waals surface area (Å²) in [5.41, 5.74) is 4.67. The number of hydrogen-bond donors (Lipinski definition) is 2. The Morgan fingerprint density at radius 2 is 2.38 bits per heavy atom. The second-order valence-corrected chi connectivity index (χ2v) is 2.14. The summed E-state index contributed by atoms with van der Waals surface area (Å²) in [5.74, 6) is 4.89. The lowest BCUT2D eigenvalue weighted by Gasteiger charge is -1.96. The van der Waals surface area contributed by atoms with Gasteiger partial charge in [0.2, 0.25) is 5.95 Å². The van der Waals surface area contributed by atoms with Crippen molar-refractivity contribution in [3.8, 4) is 11.8 Å². The van der Waals surface area contributed by atoms with Crippen molar-refractivity contribution in [2.45, 2.75) is 6.54 Å². The van der Waals surface area contributed by atoms with Gasteiger partial charge in [0.05, 0.1) is 6.54 Å². The van der Waals surface area contributed by atoms with Gasteiger partial charge in [0.1, 0.15) is 12.9 Å². The SMILES string of the molecule is Nc1ncn(CC#CCO)c(=O)n1. The summed E-state index contributed by atoms with van der Waals surface area (Å²) in [4.78, 5) is 18.0. The molecule has 0 radical (unpaired) electrons. The molecule has 6 heteroatoms. The third-order valence-corrected chi connectivity index (χ3v) is 1.24. The van der Waals surface area contributed by atoms with Crippen LogP contribution in [-0.2, 0) is 6.54 Å². The molecule has 13 heavy (non-hydrogen) atoms. The summed E-state index contributed by atoms with van der Waals surface area (Å²) >= 11 is 0. The van der Waals surface area contributed by atoms with Gasteiger partial charge < -0.3 is 10.8 Å². The lowest BCUT2D eigenvalue weighted by Crippen LogP contribution is -2.24. The normalized spacial score (nSPS) is 9.00. The van der Waals surface area contributed by atoms with Crippen LogP contribution in [0.15, 0.2) is 11.1 Å². The number of anilines is 1. The highest BCUT2D eigenvalue weighted by Crippen LogP contribution is 1.81. The van der Waals surface area contributed by atoms with Crippen LogP contribution in [0.3, 0.4) is 0 Å². The molecule has 6 nitrogen and oxygen atoms in total. The molecule has 0 aliphatic carbocycles. The van der Waals surface area contributed by atoms with E-state index in [1.807, 2.05) is 0 Å². The summed E-state index contributed by atoms with van der Waals surface area (Å²) in [5, 5.41) is 8.35. The number of nitrogens with two attached hydrogens (primary N) is 1. The summed E-state index contributed by atoms with van der Waals surface area (Å²) in [7, 11) is 0. The summed E-state index contributed by atoms with van der Waals surface area (Å²) in [6, 6.07) is 0. The molecular weight excluding hydrogens is 172 g/mol. The molecule has 0 aliphatic heterocycles. The number of nitrogens with zero attached hydrogens (tertiary/aromatic N) is 3. The van der Waals surface area contributed by atoms with E-state index in [1.54, 1.807) is 0 Å². The predicted molar refractivity (Wildman–Crippen MR) is 45.6 cm³/mol. The maximum absolute atomic E-state index is 11.0. The fraction of sp³-hybridized carbons (Fsp3) is 0.286. The zero-order chi connectivity index (χ0) is 9.68. The van der Waals surface area contributed by atoms with Gasteiger partial charge in [0.15, 0.2) is 0 Å². The van der Waals surface area contributed by atoms with Gasteiger partial charge in [0, 0.05) is 0 Å². The van der Waals surface area contributed by atoms with Crippen molar-refractivity contribution in [3.05, 3.63) is 16.8 Å². The molecule has 0 unspecified atom stereocenters. The van der Waals surface area contributed by atoms with Gasteiger partial charge in [-0.15, -0.1) is 0 Å². The minimum atomic E-state index is -0.500. The minimum absolute atomic E-state index is 0.0589. The fourth-order valence-corrected chi connectivity index (χ4v) is 0.675. The Kier molecular flexibility index (Phi) is 3.00. The standard InChI is InChI=1S/C7H8N4O2/c8-6-9-5-11(7(13)10-6)3-1-2-4-12/h5,12H,3-4H2,(H2,8,10,13). The van der Waals surface area contributed by atoms with Crippen molar-refractivity contribution in [1.82, 2.24) is 14.5 Å². The van der Waals surface area contributed by atoms with E-state index >= 15 is 0 Å². The third-order valence-electron chi connectivity index (χ3n) is 1.24. The minimum Gasteiger partial charge on any atom is -0.384 e. The molecule has 1 aromatic rings. The summed E-state index contributed by atoms with van der Waals surface area (Å²) in [6.07, 6.45) is 1.26. The number of aromatic nitrogens is 3. The van der Waals surface area contributed by atoms with Crippen LogP contribution < -0.4 is 11.4 Å². The maximum Gasteiger partial charge on any atom is 0.352 e. The average molecular weight is 180 g/mol. The molecular formula is C7H8N4O2. The molecule has 0 saturated carbocycles. The van der Waals surface area contributed by atoms with E-state index < -0.39 is 5.69 Å². The second-order valence-electron chi connectivity index (χ2n) is 2.14. The monoisotopic (exact) mass is 180 g/mol. The van der Waals surface area contributed by atoms with E-state index in [0.29, 0.717) is 0 Å². The van der Waals surface area contributed by atoms with E-state index in [0.717, 1.165) is 0 Å². The van der Waals surface area contributed by atoms with Crippen LogP contribution in [0.4, 0.5) is 5.95 Å². The molecule has 0 spiro atoms. The van der Waals surface area contributed by atoms with Crippen molar-refractivity contribution in [2.24, 2.45) is 0 Å². The van der Waals surface area contributed by atoms with Crippen LogP contribution in [0.1, 0.15) is 0 Å². The lowest BCUT2D eigenvalue weighted by molar-refractivity contribution is 0.350. The Balaban J connectivity index is 2.84. The van der Waals surface area contributed by atoms with Crippen LogP contribution in [0.5, 0.6) is 0 Å². The Hall–Kier alpha value is -1.87. The highest BCUT2D eigenvalue weighted by Gasteiger charge is 1.95. The number of hydrogen-bond acceptors (Lipinski definition) is 5. The van der Waals surface area contributed by atoms with Crippen LogP contribution in [0.2, 0.25) is 0 Å². The van der Waals surface area contributed by atoms with E-state index in [1.165, 1.54) is 10.9 Å². The van der Waals surface area contributed by atoms with Gasteiger partial charge in [-0.3, -0.25) is 4.57 Å². The molecule has 0 bridgehead atoms. The predicted octanol–water partition coefficient (Wildman–Crippen LogP) is -1.78. The van der Waals surface area contributed by atoms with Crippen molar-refractivity contribution < 1.29 is 5.11 Å². The molecule has 0 amide bonds. The zero-order valence-electron chi connectivity index (χ0n) is 6.77. The van der Waals surface area contributed by atoms with Crippen LogP contribution in [0.25, 0.3) is 0 Å². The first-order chi connectivity index (χ1) is 6.24. The van der Waals surface area contributed by atoms with E-state index in [-0.39, 0.29) is 19.1 Å². The molecule has 1 heterocycles. The molecule has 0 atom stereocenters. The first-order valence-electron chi connectivity index (χ1n) is 3.49. The number of aliphatic hydroxyl groups is 1. The van der Waals surface area contributed by atoms with Gasteiger partial charge >= 0.3 is 5.69 Å². The Labute approximate surface area is 74.1 Å². The molecule has 3 N–H and O–H groups in total. The maximum atomic E-state index is 11.0. The number of rotatable bonds is 1. The van der Waals surface area contributed by atoms with Gasteiger partial charge in [0.25, 0.3) is 0 Å². The molecule has 0 fully saturated rings. The largest absolute Gasteiger partial charge is 0.384 e. The van der Waals surface area contributed by atoms with Crippen LogP contribution >= 0.6 is 0 Å². The molecule has 1 rings (SSSR count). The first kappa shape index (κ1) is 9.22. The number of nitrogen functional groups attached to an aromatic ring is 1. The van der Waals surface area contributed by atoms with E-state index in [9.17, 15) is 4.79 Å². The zero-order valence-corrected chi connectivity index (χ0v) is 6.77. The smallest absolute Gasteiger partial charge is 0.352 e. The Morgan fingerprint density at radius 1 is 1.62 bits per heavy atom. The molecule has 68 valence electrons. The van der Waals surface area contributed by atoms with E-state index in [2.05, 4.69) is 21.8 Å². The highest BCUT2D eigenvalue weighted by atomic mass is 16.2. The molecule has 0 saturated heterocycles. The Bertz CT molecular complexity index is 401. The first-order valence-corrected chi connectivity index (χ1v) is 3.49. The lowest BCUT2D eigenvalue weighted by atomic mass is 10.5. The highest BCUT2D eigenvalue weighted by molar-refractivity contribution is 5.10. The van der Waals surface area contributed by atoms with Gasteiger partial charge in [-0.1, -0.05) is 11.8 Å². The molecule has 0 aliphatic rings. The molecule has 0 aromatic carbocycles. The average Bonchev–Trinajstić information content (AvgIpc) is 2.09. The third kappa shape index (κ3) is 2.57. The Morgan fingerprint density at radius 3 is 3.00 bits per heavy atom. The van der Waals surface area contributed by atoms with Crippen molar-refractivity contribution in [3.63, 3.8) is 0 Å². The van der Waals surface area contributed by atoms with Crippen molar-refractivity contribution in [2.75, 3.05) is 12.3 Å². The number of aliphatic hydroxyl groups excluding tert-OH is 1.